The summed E-state index contributed by atoms with van der Waals surface area (Å²) in [6.07, 6.45) is 6.94. The molecule has 0 heteroatoms. The van der Waals surface area contributed by atoms with Crippen molar-refractivity contribution >= 4 is 0 Å². The Morgan fingerprint density at radius 1 is 1.00 bits per heavy atom. The normalized spacial score (nSPS) is 16.4. The highest BCUT2D eigenvalue weighted by atomic mass is 14.2. The molecule has 0 amide bonds. The molecule has 68 valence electrons. The monoisotopic (exact) mass is 156 g/mol. The van der Waals surface area contributed by atoms with Gasteiger partial charge in [0.15, 0.2) is 0 Å². The Morgan fingerprint density at radius 3 is 2.00 bits per heavy atom. The summed E-state index contributed by atoms with van der Waals surface area (Å²) in [5.74, 6) is 1.92. The van der Waals surface area contributed by atoms with E-state index in [-0.39, 0.29) is 0 Å². The lowest BCUT2D eigenvalue weighted by Crippen LogP contribution is -2.09. The van der Waals surface area contributed by atoms with Crippen LogP contribution < -0.4 is 0 Å². The lowest BCUT2D eigenvalue weighted by atomic mass is 9.86. The standard InChI is InChI=1S/C11H24/c1-5-8-9-11(7-3)10(4)6-2/h10-11H,5-9H2,1-4H3/t10?,11-/m1/s1. The third-order valence-corrected chi connectivity index (χ3v) is 2.90. The summed E-state index contributed by atoms with van der Waals surface area (Å²) in [4.78, 5) is 0. The van der Waals surface area contributed by atoms with Crippen LogP contribution in [-0.2, 0) is 0 Å². The quantitative estimate of drug-likeness (QED) is 0.539. The largest absolute Gasteiger partial charge is 0.0654 e. The van der Waals surface area contributed by atoms with Gasteiger partial charge in [-0.05, 0) is 11.8 Å². The van der Waals surface area contributed by atoms with Crippen LogP contribution in [0.2, 0.25) is 0 Å². The molecule has 0 aliphatic carbocycles. The van der Waals surface area contributed by atoms with Crippen LogP contribution in [0.3, 0.4) is 0 Å². The van der Waals surface area contributed by atoms with Gasteiger partial charge in [-0.25, -0.2) is 0 Å². The zero-order chi connectivity index (χ0) is 8.69. The molecule has 0 aliphatic rings. The zero-order valence-corrected chi connectivity index (χ0v) is 8.69. The number of hydrogen-bond donors (Lipinski definition) is 0. The van der Waals surface area contributed by atoms with Gasteiger partial charge in [0.2, 0.25) is 0 Å². The first kappa shape index (κ1) is 11.0. The van der Waals surface area contributed by atoms with Gasteiger partial charge in [0.05, 0.1) is 0 Å². The first-order chi connectivity index (χ1) is 5.26. The maximum absolute atomic E-state index is 2.39. The van der Waals surface area contributed by atoms with Crippen LogP contribution in [0.1, 0.15) is 59.8 Å². The van der Waals surface area contributed by atoms with E-state index in [1.165, 1.54) is 32.1 Å². The van der Waals surface area contributed by atoms with Crippen molar-refractivity contribution in [2.24, 2.45) is 11.8 Å². The highest BCUT2D eigenvalue weighted by molar-refractivity contribution is 4.63. The molecule has 0 aliphatic heterocycles. The molecule has 0 nitrogen and oxygen atoms in total. The molecule has 0 aromatic heterocycles. The fourth-order valence-electron chi connectivity index (χ4n) is 1.69. The molecular formula is C11H24. The average Bonchev–Trinajstić information content (AvgIpc) is 2.05. The van der Waals surface area contributed by atoms with Crippen molar-refractivity contribution in [3.8, 4) is 0 Å². The summed E-state index contributed by atoms with van der Waals surface area (Å²) in [5.41, 5.74) is 0. The van der Waals surface area contributed by atoms with Crippen molar-refractivity contribution in [3.05, 3.63) is 0 Å². The summed E-state index contributed by atoms with van der Waals surface area (Å²) in [6, 6.07) is 0. The first-order valence-corrected chi connectivity index (χ1v) is 5.26. The molecule has 2 atom stereocenters. The van der Waals surface area contributed by atoms with Crippen LogP contribution in [0.5, 0.6) is 0 Å². The van der Waals surface area contributed by atoms with Crippen molar-refractivity contribution in [1.29, 1.82) is 0 Å². The van der Waals surface area contributed by atoms with Crippen LogP contribution in [-0.4, -0.2) is 0 Å². The second kappa shape index (κ2) is 6.69. The average molecular weight is 156 g/mol. The number of rotatable bonds is 6. The van der Waals surface area contributed by atoms with Crippen LogP contribution in [0.25, 0.3) is 0 Å². The van der Waals surface area contributed by atoms with Gasteiger partial charge in [-0.15, -0.1) is 0 Å². The SMILES string of the molecule is CCCC[C@@H](CC)C(C)CC. The fourth-order valence-corrected chi connectivity index (χ4v) is 1.69. The van der Waals surface area contributed by atoms with Gasteiger partial charge in [0.25, 0.3) is 0 Å². The maximum atomic E-state index is 2.39. The van der Waals surface area contributed by atoms with E-state index in [0.717, 1.165) is 11.8 Å². The molecule has 1 unspecified atom stereocenters. The highest BCUT2D eigenvalue weighted by Gasteiger charge is 2.11. The fraction of sp³-hybridized carbons (Fsp3) is 1.00. The van der Waals surface area contributed by atoms with E-state index in [2.05, 4.69) is 27.7 Å². The molecule has 0 bridgehead atoms. The smallest absolute Gasteiger partial charge is 0.0391 e. The molecule has 0 spiro atoms. The van der Waals surface area contributed by atoms with Gasteiger partial charge < -0.3 is 0 Å². The van der Waals surface area contributed by atoms with E-state index >= 15 is 0 Å². The molecule has 0 saturated carbocycles. The Morgan fingerprint density at radius 2 is 1.64 bits per heavy atom. The molecule has 0 radical (unpaired) electrons. The summed E-state index contributed by atoms with van der Waals surface area (Å²) in [6.45, 7) is 9.30. The molecular weight excluding hydrogens is 132 g/mol. The van der Waals surface area contributed by atoms with Crippen LogP contribution in [0, 0.1) is 11.8 Å². The van der Waals surface area contributed by atoms with Crippen molar-refractivity contribution in [1.82, 2.24) is 0 Å². The Balaban J connectivity index is 3.56. The molecule has 0 saturated heterocycles. The molecule has 0 N–H and O–H groups in total. The van der Waals surface area contributed by atoms with Crippen LogP contribution in [0.4, 0.5) is 0 Å². The highest BCUT2D eigenvalue weighted by Crippen LogP contribution is 2.23. The summed E-state index contributed by atoms with van der Waals surface area (Å²) >= 11 is 0. The predicted molar refractivity (Wildman–Crippen MR) is 52.8 cm³/mol. The van der Waals surface area contributed by atoms with Crippen molar-refractivity contribution < 1.29 is 0 Å². The van der Waals surface area contributed by atoms with Gasteiger partial charge in [-0.3, -0.25) is 0 Å². The van der Waals surface area contributed by atoms with Crippen LogP contribution in [0.15, 0.2) is 0 Å². The lowest BCUT2D eigenvalue weighted by Gasteiger charge is -2.20. The summed E-state index contributed by atoms with van der Waals surface area (Å²) in [5, 5.41) is 0. The predicted octanol–water partition coefficient (Wildman–Crippen LogP) is 4.25. The Kier molecular flexibility index (Phi) is 6.69. The Bertz CT molecular complexity index is 76.1. The van der Waals surface area contributed by atoms with E-state index in [9.17, 15) is 0 Å². The molecule has 0 aromatic rings. The number of hydrogen-bond acceptors (Lipinski definition) is 0. The van der Waals surface area contributed by atoms with Gasteiger partial charge >= 0.3 is 0 Å². The van der Waals surface area contributed by atoms with E-state index in [1.807, 2.05) is 0 Å². The Labute approximate surface area is 72.4 Å². The molecule has 0 fully saturated rings. The van der Waals surface area contributed by atoms with Gasteiger partial charge in [-0.1, -0.05) is 59.8 Å². The summed E-state index contributed by atoms with van der Waals surface area (Å²) < 4.78 is 0. The maximum Gasteiger partial charge on any atom is -0.0391 e. The third kappa shape index (κ3) is 4.44. The molecule has 0 aromatic carbocycles. The molecule has 0 rings (SSSR count). The van der Waals surface area contributed by atoms with Crippen molar-refractivity contribution in [2.75, 3.05) is 0 Å². The first-order valence-electron chi connectivity index (χ1n) is 5.26. The van der Waals surface area contributed by atoms with E-state index in [0.29, 0.717) is 0 Å². The minimum atomic E-state index is 0.937. The van der Waals surface area contributed by atoms with Gasteiger partial charge in [0.1, 0.15) is 0 Å². The molecule has 11 heavy (non-hydrogen) atoms. The Hall–Kier alpha value is 0. The van der Waals surface area contributed by atoms with Crippen LogP contribution >= 0.6 is 0 Å². The zero-order valence-electron chi connectivity index (χ0n) is 8.69. The second-order valence-electron chi connectivity index (χ2n) is 3.70. The minimum Gasteiger partial charge on any atom is -0.0654 e. The minimum absolute atomic E-state index is 0.937. The van der Waals surface area contributed by atoms with Crippen molar-refractivity contribution in [2.45, 2.75) is 59.8 Å². The molecule has 0 heterocycles. The second-order valence-corrected chi connectivity index (χ2v) is 3.70. The van der Waals surface area contributed by atoms with Gasteiger partial charge in [-0.2, -0.15) is 0 Å². The van der Waals surface area contributed by atoms with E-state index < -0.39 is 0 Å². The van der Waals surface area contributed by atoms with Gasteiger partial charge in [0, 0.05) is 0 Å². The number of unbranched alkanes of at least 4 members (excludes halogenated alkanes) is 1. The van der Waals surface area contributed by atoms with E-state index in [4.69, 9.17) is 0 Å². The van der Waals surface area contributed by atoms with E-state index in [1.54, 1.807) is 0 Å². The third-order valence-electron chi connectivity index (χ3n) is 2.90. The lowest BCUT2D eigenvalue weighted by molar-refractivity contribution is 0.310. The topological polar surface area (TPSA) is 0 Å². The summed E-state index contributed by atoms with van der Waals surface area (Å²) in [7, 11) is 0. The van der Waals surface area contributed by atoms with Crippen molar-refractivity contribution in [3.63, 3.8) is 0 Å².